The molecule has 13 heteroatoms. The summed E-state index contributed by atoms with van der Waals surface area (Å²) in [5.41, 5.74) is 0.876. The Morgan fingerprint density at radius 2 is 1.50 bits per heavy atom. The van der Waals surface area contributed by atoms with Crippen LogP contribution in [0.1, 0.15) is 79.7 Å². The highest BCUT2D eigenvalue weighted by Crippen LogP contribution is 2.30. The van der Waals surface area contributed by atoms with Gasteiger partial charge in [0.25, 0.3) is 0 Å². The van der Waals surface area contributed by atoms with Crippen LogP contribution in [0.3, 0.4) is 0 Å². The number of likely N-dealkylation sites (tertiary alicyclic amines) is 1. The summed E-state index contributed by atoms with van der Waals surface area (Å²) in [4.78, 5) is 73.5. The predicted molar refractivity (Wildman–Crippen MR) is 209 cm³/mol. The van der Waals surface area contributed by atoms with Crippen LogP contribution in [0.15, 0.2) is 30.3 Å². The van der Waals surface area contributed by atoms with Gasteiger partial charge in [0.05, 0.1) is 49.8 Å². The van der Waals surface area contributed by atoms with E-state index in [0.29, 0.717) is 13.0 Å². The number of carbonyl (C=O) groups is 5. The van der Waals surface area contributed by atoms with Crippen molar-refractivity contribution in [1.29, 1.82) is 0 Å². The lowest BCUT2D eigenvalue weighted by Gasteiger charge is -2.41. The van der Waals surface area contributed by atoms with Gasteiger partial charge in [-0.2, -0.15) is 0 Å². The minimum atomic E-state index is -0.890. The van der Waals surface area contributed by atoms with Crippen molar-refractivity contribution in [2.45, 2.75) is 123 Å². The number of methoxy groups -OCH3 is 3. The number of hydrogen-bond donors (Lipinski definition) is 2. The maximum Gasteiger partial charge on any atom is 0.328 e. The molecule has 13 nitrogen and oxygen atoms in total. The van der Waals surface area contributed by atoms with Gasteiger partial charge in [-0.1, -0.05) is 85.2 Å². The van der Waals surface area contributed by atoms with Gasteiger partial charge in [-0.25, -0.2) is 4.79 Å². The maximum atomic E-state index is 14.2. The fourth-order valence-electron chi connectivity index (χ4n) is 7.90. The van der Waals surface area contributed by atoms with Crippen molar-refractivity contribution < 1.29 is 38.2 Å². The van der Waals surface area contributed by atoms with Crippen LogP contribution in [0.4, 0.5) is 0 Å². The summed E-state index contributed by atoms with van der Waals surface area (Å²) in [6, 6.07) is 6.46. The SMILES string of the molecule is CC[C@@H](C)[C@@H](C(CC(=O)N1CCCC1[C@@H](OC)[C@H](C)C(=O)N[C@@H](Cc1ccccc1)C(=O)OC)OC)N(C)C(=O)[C@@H](NC(=O)[C@H](C(C)C)N(C)C)C(C)C. The average molecular weight is 760 g/mol. The molecule has 0 spiro atoms. The average Bonchev–Trinajstić information content (AvgIpc) is 3.62. The lowest BCUT2D eigenvalue weighted by Crippen LogP contribution is -2.59. The zero-order chi connectivity index (χ0) is 40.9. The Bertz CT molecular complexity index is 1350. The van der Waals surface area contributed by atoms with Crippen molar-refractivity contribution in [1.82, 2.24) is 25.3 Å². The van der Waals surface area contributed by atoms with E-state index in [1.165, 1.54) is 14.2 Å². The smallest absolute Gasteiger partial charge is 0.328 e. The largest absolute Gasteiger partial charge is 0.467 e. The zero-order valence-electron chi connectivity index (χ0n) is 35.1. The lowest BCUT2D eigenvalue weighted by atomic mass is 9.89. The standard InChI is InChI=1S/C41H69N5O8/c1-14-27(6)36(45(10)40(50)34(25(2)3)43-39(49)35(26(4)5)44(8)9)32(52-11)24-33(47)46-22-18-21-31(46)37(53-12)28(7)38(48)42-30(41(51)54-13)23-29-19-16-15-17-20-29/h15-17,19-20,25-28,30-32,34-37H,14,18,21-24H2,1-13H3,(H,42,48)(H,43,49)/t27-,28+,30+,31?,32?,34+,35+,36+,37+/m1/s1. The number of benzene rings is 1. The number of carbonyl (C=O) groups excluding carboxylic acids is 5. The number of ether oxygens (including phenoxy) is 3. The first kappa shape index (κ1) is 46.6. The number of nitrogens with zero attached hydrogens (tertiary/aromatic N) is 3. The molecule has 1 saturated heterocycles. The summed E-state index contributed by atoms with van der Waals surface area (Å²) in [6.45, 7) is 14.1. The summed E-state index contributed by atoms with van der Waals surface area (Å²) in [5, 5.41) is 5.89. The molecule has 0 bridgehead atoms. The van der Waals surface area contributed by atoms with E-state index in [9.17, 15) is 24.0 Å². The van der Waals surface area contributed by atoms with Crippen LogP contribution in [0.25, 0.3) is 0 Å². The Morgan fingerprint density at radius 1 is 0.870 bits per heavy atom. The van der Waals surface area contributed by atoms with E-state index in [1.54, 1.807) is 30.9 Å². The van der Waals surface area contributed by atoms with Crippen molar-refractivity contribution in [2.24, 2.45) is 23.7 Å². The molecule has 2 rings (SSSR count). The monoisotopic (exact) mass is 760 g/mol. The number of hydrogen-bond acceptors (Lipinski definition) is 9. The number of amides is 4. The Kier molecular flexibility index (Phi) is 19.1. The van der Waals surface area contributed by atoms with Crippen LogP contribution in [-0.2, 0) is 44.6 Å². The van der Waals surface area contributed by atoms with Gasteiger partial charge in [0.2, 0.25) is 23.6 Å². The van der Waals surface area contributed by atoms with Gasteiger partial charge in [-0.05, 0) is 50.3 Å². The van der Waals surface area contributed by atoms with Crippen molar-refractivity contribution in [2.75, 3.05) is 49.0 Å². The number of nitrogens with one attached hydrogen (secondary N) is 2. The van der Waals surface area contributed by atoms with Crippen LogP contribution >= 0.6 is 0 Å². The second-order valence-electron chi connectivity index (χ2n) is 15.7. The molecule has 1 aliphatic rings. The molecule has 9 atom stereocenters. The Hall–Kier alpha value is -3.55. The molecule has 2 unspecified atom stereocenters. The highest BCUT2D eigenvalue weighted by Gasteiger charge is 2.43. The molecular formula is C41H69N5O8. The van der Waals surface area contributed by atoms with Crippen LogP contribution in [0, 0.1) is 23.7 Å². The van der Waals surface area contributed by atoms with Gasteiger partial charge >= 0.3 is 5.97 Å². The van der Waals surface area contributed by atoms with Gasteiger partial charge in [-0.15, -0.1) is 0 Å². The number of esters is 1. The molecule has 306 valence electrons. The highest BCUT2D eigenvalue weighted by molar-refractivity contribution is 5.90. The molecule has 0 radical (unpaired) electrons. The first-order chi connectivity index (χ1) is 25.4. The lowest BCUT2D eigenvalue weighted by molar-refractivity contribution is -0.149. The molecule has 54 heavy (non-hydrogen) atoms. The second-order valence-corrected chi connectivity index (χ2v) is 15.7. The Labute approximate surface area is 324 Å². The molecule has 4 amide bonds. The molecule has 0 aromatic heterocycles. The van der Waals surface area contributed by atoms with E-state index in [0.717, 1.165) is 18.4 Å². The minimum Gasteiger partial charge on any atom is -0.467 e. The van der Waals surface area contributed by atoms with Crippen LogP contribution in [0.2, 0.25) is 0 Å². The molecular weight excluding hydrogens is 690 g/mol. The van der Waals surface area contributed by atoms with E-state index >= 15 is 0 Å². The molecule has 1 aliphatic heterocycles. The van der Waals surface area contributed by atoms with E-state index in [1.807, 2.05) is 90.9 Å². The normalized spacial score (nSPS) is 19.0. The van der Waals surface area contributed by atoms with E-state index in [-0.39, 0.29) is 60.3 Å². The van der Waals surface area contributed by atoms with Crippen LogP contribution in [0.5, 0.6) is 0 Å². The van der Waals surface area contributed by atoms with E-state index in [4.69, 9.17) is 14.2 Å². The summed E-state index contributed by atoms with van der Waals surface area (Å²) in [5.74, 6) is -2.41. The molecule has 1 aromatic rings. The fourth-order valence-corrected chi connectivity index (χ4v) is 7.90. The summed E-state index contributed by atoms with van der Waals surface area (Å²) < 4.78 is 16.9. The zero-order valence-corrected chi connectivity index (χ0v) is 35.1. The van der Waals surface area contributed by atoms with Gasteiger partial charge in [0, 0.05) is 34.2 Å². The van der Waals surface area contributed by atoms with Crippen molar-refractivity contribution in [3.8, 4) is 0 Å². The Balaban J connectivity index is 2.29. The quantitative estimate of drug-likeness (QED) is 0.180. The summed E-state index contributed by atoms with van der Waals surface area (Å²) >= 11 is 0. The first-order valence-electron chi connectivity index (χ1n) is 19.5. The molecule has 1 fully saturated rings. The van der Waals surface area contributed by atoms with Crippen molar-refractivity contribution in [3.63, 3.8) is 0 Å². The van der Waals surface area contributed by atoms with Crippen LogP contribution in [-0.4, -0.2) is 136 Å². The first-order valence-corrected chi connectivity index (χ1v) is 19.5. The maximum absolute atomic E-state index is 14.2. The van der Waals surface area contributed by atoms with Gasteiger partial charge in [0.1, 0.15) is 12.1 Å². The second kappa shape index (κ2) is 22.1. The number of likely N-dealkylation sites (N-methyl/N-ethyl adjacent to an activating group) is 2. The summed E-state index contributed by atoms with van der Waals surface area (Å²) in [6.07, 6.45) is 1.08. The van der Waals surface area contributed by atoms with E-state index in [2.05, 4.69) is 10.6 Å². The highest BCUT2D eigenvalue weighted by atomic mass is 16.5. The number of rotatable bonds is 21. The van der Waals surface area contributed by atoms with E-state index < -0.39 is 48.3 Å². The third-order valence-corrected chi connectivity index (χ3v) is 11.0. The van der Waals surface area contributed by atoms with Gasteiger partial charge < -0.3 is 34.6 Å². The third-order valence-electron chi connectivity index (χ3n) is 11.0. The van der Waals surface area contributed by atoms with Crippen LogP contribution < -0.4 is 10.6 Å². The molecule has 1 aromatic carbocycles. The predicted octanol–water partition coefficient (Wildman–Crippen LogP) is 3.53. The molecule has 1 heterocycles. The van der Waals surface area contributed by atoms with Crippen molar-refractivity contribution >= 4 is 29.6 Å². The minimum absolute atomic E-state index is 0.00683. The molecule has 2 N–H and O–H groups in total. The molecule has 0 saturated carbocycles. The van der Waals surface area contributed by atoms with Crippen molar-refractivity contribution in [3.05, 3.63) is 35.9 Å². The molecule has 0 aliphatic carbocycles. The fraction of sp³-hybridized carbons (Fsp3) is 0.732. The third kappa shape index (κ3) is 12.2. The van der Waals surface area contributed by atoms with Gasteiger partial charge in [-0.3, -0.25) is 24.1 Å². The topological polar surface area (TPSA) is 147 Å². The Morgan fingerprint density at radius 3 is 2.00 bits per heavy atom. The summed E-state index contributed by atoms with van der Waals surface area (Å²) in [7, 11) is 9.80. The van der Waals surface area contributed by atoms with Gasteiger partial charge in [0.15, 0.2) is 0 Å².